The van der Waals surface area contributed by atoms with E-state index in [1.165, 1.54) is 4.90 Å². The van der Waals surface area contributed by atoms with E-state index in [-0.39, 0.29) is 24.9 Å². The van der Waals surface area contributed by atoms with Gasteiger partial charge >= 0.3 is 0 Å². The van der Waals surface area contributed by atoms with Gasteiger partial charge in [0, 0.05) is 5.69 Å². The van der Waals surface area contributed by atoms with Crippen molar-refractivity contribution in [2.24, 2.45) is 0 Å². The number of nitrogens with zero attached hydrogens (tertiary/aromatic N) is 4. The molecular formula is C29H27N5O3. The average molecular weight is 494 g/mol. The van der Waals surface area contributed by atoms with Gasteiger partial charge in [-0.05, 0) is 54.8 Å². The molecule has 3 aromatic carbocycles. The molecule has 2 amide bonds. The van der Waals surface area contributed by atoms with E-state index in [0.717, 1.165) is 22.3 Å². The second-order valence-corrected chi connectivity index (χ2v) is 8.91. The largest absolute Gasteiger partial charge is 0.467 e. The fourth-order valence-electron chi connectivity index (χ4n) is 4.46. The van der Waals surface area contributed by atoms with E-state index in [2.05, 4.69) is 15.6 Å². The number of amides is 2. The second kappa shape index (κ2) is 10.5. The van der Waals surface area contributed by atoms with E-state index in [0.29, 0.717) is 16.8 Å². The Hall–Kier alpha value is -4.72. The van der Waals surface area contributed by atoms with E-state index in [1.54, 1.807) is 23.1 Å². The number of anilines is 1. The summed E-state index contributed by atoms with van der Waals surface area (Å²) in [5.74, 6) is -0.0397. The molecule has 5 rings (SSSR count). The molecule has 0 aliphatic carbocycles. The summed E-state index contributed by atoms with van der Waals surface area (Å²) in [7, 11) is 0. The van der Waals surface area contributed by atoms with Gasteiger partial charge in [-0.2, -0.15) is 0 Å². The van der Waals surface area contributed by atoms with Crippen LogP contribution in [0.3, 0.4) is 0 Å². The summed E-state index contributed by atoms with van der Waals surface area (Å²) in [6.07, 6.45) is 1.55. The number of hydrogen-bond acceptors (Lipinski definition) is 5. The Morgan fingerprint density at radius 3 is 2.38 bits per heavy atom. The van der Waals surface area contributed by atoms with Crippen LogP contribution < -0.4 is 5.32 Å². The van der Waals surface area contributed by atoms with Gasteiger partial charge < -0.3 is 14.6 Å². The summed E-state index contributed by atoms with van der Waals surface area (Å²) in [5.41, 5.74) is 4.75. The van der Waals surface area contributed by atoms with E-state index in [4.69, 9.17) is 4.42 Å². The maximum Gasteiger partial charge on any atom is 0.251 e. The molecule has 0 aliphatic rings. The molecule has 0 fully saturated rings. The van der Waals surface area contributed by atoms with Crippen molar-refractivity contribution < 1.29 is 14.0 Å². The van der Waals surface area contributed by atoms with Gasteiger partial charge in [-0.1, -0.05) is 65.9 Å². The molecule has 37 heavy (non-hydrogen) atoms. The fourth-order valence-corrected chi connectivity index (χ4v) is 4.46. The van der Waals surface area contributed by atoms with Crippen molar-refractivity contribution in [3.05, 3.63) is 114 Å². The third kappa shape index (κ3) is 5.13. The van der Waals surface area contributed by atoms with E-state index < -0.39 is 6.04 Å². The van der Waals surface area contributed by atoms with Gasteiger partial charge in [0.2, 0.25) is 5.91 Å². The number of para-hydroxylation sites is 2. The minimum Gasteiger partial charge on any atom is -0.467 e. The van der Waals surface area contributed by atoms with Gasteiger partial charge in [-0.3, -0.25) is 9.59 Å². The van der Waals surface area contributed by atoms with Crippen LogP contribution in [-0.2, 0) is 22.7 Å². The molecule has 0 spiro atoms. The van der Waals surface area contributed by atoms with Crippen molar-refractivity contribution in [2.45, 2.75) is 33.0 Å². The van der Waals surface area contributed by atoms with Crippen LogP contribution in [0, 0.1) is 13.8 Å². The number of carbonyl (C=O) groups excluding carboxylic acids is 2. The number of fused-ring (bicyclic) bond motifs is 1. The predicted molar refractivity (Wildman–Crippen MR) is 141 cm³/mol. The highest BCUT2D eigenvalue weighted by Gasteiger charge is 2.33. The summed E-state index contributed by atoms with van der Waals surface area (Å²) >= 11 is 0. The van der Waals surface area contributed by atoms with Crippen LogP contribution in [-0.4, -0.2) is 31.7 Å². The van der Waals surface area contributed by atoms with Crippen LogP contribution in [0.5, 0.6) is 0 Å². The molecule has 8 nitrogen and oxygen atoms in total. The normalized spacial score (nSPS) is 11.8. The zero-order chi connectivity index (χ0) is 25.8. The smallest absolute Gasteiger partial charge is 0.251 e. The van der Waals surface area contributed by atoms with Gasteiger partial charge in [0.25, 0.3) is 5.91 Å². The number of carbonyl (C=O) groups is 2. The maximum atomic E-state index is 13.9. The highest BCUT2D eigenvalue weighted by atomic mass is 16.3. The van der Waals surface area contributed by atoms with Crippen LogP contribution in [0.25, 0.3) is 11.0 Å². The van der Waals surface area contributed by atoms with Gasteiger partial charge in [0.1, 0.15) is 23.9 Å². The van der Waals surface area contributed by atoms with Gasteiger partial charge in [-0.15, -0.1) is 5.10 Å². The summed E-state index contributed by atoms with van der Waals surface area (Å²) in [5, 5.41) is 11.4. The predicted octanol–water partition coefficient (Wildman–Crippen LogP) is 5.05. The van der Waals surface area contributed by atoms with Crippen molar-refractivity contribution in [2.75, 3.05) is 5.32 Å². The van der Waals surface area contributed by atoms with Crippen molar-refractivity contribution in [3.8, 4) is 0 Å². The SMILES string of the molecule is Cc1cccc(C)c1NC(=O)C(c1ccccc1)N(Cc1ccco1)C(=O)Cn1nnc2ccccc21. The Morgan fingerprint density at radius 2 is 1.65 bits per heavy atom. The Balaban J connectivity index is 1.54. The van der Waals surface area contributed by atoms with Crippen LogP contribution in [0.2, 0.25) is 0 Å². The number of aryl methyl sites for hydroxylation is 2. The second-order valence-electron chi connectivity index (χ2n) is 8.91. The van der Waals surface area contributed by atoms with Crippen molar-refractivity contribution >= 4 is 28.5 Å². The quantitative estimate of drug-likeness (QED) is 0.327. The Kier molecular flexibility index (Phi) is 6.81. The third-order valence-corrected chi connectivity index (χ3v) is 6.34. The average Bonchev–Trinajstić information content (AvgIpc) is 3.57. The number of nitrogens with one attached hydrogen (secondary N) is 1. The molecule has 1 unspecified atom stereocenters. The van der Waals surface area contributed by atoms with Crippen molar-refractivity contribution in [1.82, 2.24) is 19.9 Å². The Labute approximate surface area is 214 Å². The lowest BCUT2D eigenvalue weighted by Gasteiger charge is -2.31. The molecule has 5 aromatic rings. The first kappa shape index (κ1) is 24.0. The molecule has 8 heteroatoms. The number of hydrogen-bond donors (Lipinski definition) is 1. The molecule has 0 saturated heterocycles. The minimum absolute atomic E-state index is 0.0821. The van der Waals surface area contributed by atoms with Gasteiger partial charge in [0.15, 0.2) is 0 Å². The third-order valence-electron chi connectivity index (χ3n) is 6.34. The Morgan fingerprint density at radius 1 is 0.919 bits per heavy atom. The first-order chi connectivity index (χ1) is 18.0. The first-order valence-corrected chi connectivity index (χ1v) is 12.0. The monoisotopic (exact) mass is 493 g/mol. The summed E-state index contributed by atoms with van der Waals surface area (Å²) in [6.45, 7) is 3.92. The van der Waals surface area contributed by atoms with E-state index >= 15 is 0 Å². The topological polar surface area (TPSA) is 93.3 Å². The number of rotatable bonds is 8. The van der Waals surface area contributed by atoms with Gasteiger partial charge in [-0.25, -0.2) is 4.68 Å². The lowest BCUT2D eigenvalue weighted by Crippen LogP contribution is -2.42. The zero-order valence-corrected chi connectivity index (χ0v) is 20.7. The highest BCUT2D eigenvalue weighted by Crippen LogP contribution is 2.28. The molecule has 0 aliphatic heterocycles. The molecular weight excluding hydrogens is 466 g/mol. The van der Waals surface area contributed by atoms with E-state index in [1.807, 2.05) is 86.6 Å². The first-order valence-electron chi connectivity index (χ1n) is 12.0. The lowest BCUT2D eigenvalue weighted by atomic mass is 10.0. The molecule has 2 heterocycles. The van der Waals surface area contributed by atoms with Crippen LogP contribution >= 0.6 is 0 Å². The molecule has 1 atom stereocenters. The molecule has 0 bridgehead atoms. The van der Waals surface area contributed by atoms with Crippen molar-refractivity contribution in [3.63, 3.8) is 0 Å². The molecule has 1 N–H and O–H groups in total. The van der Waals surface area contributed by atoms with E-state index in [9.17, 15) is 9.59 Å². The van der Waals surface area contributed by atoms with Crippen LogP contribution in [0.15, 0.2) is 95.6 Å². The lowest BCUT2D eigenvalue weighted by molar-refractivity contribution is -0.140. The standard InChI is InChI=1S/C29H27N5O3/c1-20-10-8-11-21(2)27(20)30-29(36)28(22-12-4-3-5-13-22)33(18-23-14-9-17-37-23)26(35)19-34-25-16-7-6-15-24(25)31-32-34/h3-17,28H,18-19H2,1-2H3,(H,30,36). The maximum absolute atomic E-state index is 13.9. The number of aromatic nitrogens is 3. The van der Waals surface area contributed by atoms with Crippen molar-refractivity contribution in [1.29, 1.82) is 0 Å². The summed E-state index contributed by atoms with van der Waals surface area (Å²) in [4.78, 5) is 29.4. The molecule has 0 radical (unpaired) electrons. The zero-order valence-electron chi connectivity index (χ0n) is 20.7. The number of furan rings is 1. The molecule has 0 saturated carbocycles. The molecule has 2 aromatic heterocycles. The highest BCUT2D eigenvalue weighted by molar-refractivity contribution is 5.99. The number of benzene rings is 3. The van der Waals surface area contributed by atoms with Crippen LogP contribution in [0.1, 0.15) is 28.5 Å². The summed E-state index contributed by atoms with van der Waals surface area (Å²) in [6, 6.07) is 25.2. The molecule has 186 valence electrons. The fraction of sp³-hybridized carbons (Fsp3) is 0.172. The minimum atomic E-state index is -0.910. The summed E-state index contributed by atoms with van der Waals surface area (Å²) < 4.78 is 7.14. The van der Waals surface area contributed by atoms with Crippen LogP contribution in [0.4, 0.5) is 5.69 Å². The Bertz CT molecular complexity index is 1510. The van der Waals surface area contributed by atoms with Gasteiger partial charge in [0.05, 0.1) is 18.3 Å².